The highest BCUT2D eigenvalue weighted by Gasteiger charge is 2.28. The summed E-state index contributed by atoms with van der Waals surface area (Å²) in [5.41, 5.74) is 3.75. The Morgan fingerprint density at radius 3 is 0.912 bits per heavy atom. The Kier molecular flexibility index (Phi) is 7.01. The molecule has 4 aromatic heterocycles. The number of ketones is 1. The van der Waals surface area contributed by atoms with Gasteiger partial charge >= 0.3 is 0 Å². The van der Waals surface area contributed by atoms with E-state index in [0.717, 1.165) is 22.3 Å². The fraction of sp³-hybridized carbons (Fsp3) is 0.320. The summed E-state index contributed by atoms with van der Waals surface area (Å²) < 4.78 is 0. The maximum absolute atomic E-state index is 13.4. The third kappa shape index (κ3) is 5.67. The van der Waals surface area contributed by atoms with Crippen LogP contribution in [0, 0.1) is 27.7 Å². The van der Waals surface area contributed by atoms with Gasteiger partial charge in [0.1, 0.15) is 29.1 Å². The van der Waals surface area contributed by atoms with Gasteiger partial charge in [0.25, 0.3) is 0 Å². The topological polar surface area (TPSA) is 120 Å². The summed E-state index contributed by atoms with van der Waals surface area (Å²) in [6.07, 6.45) is 14.1. The van der Waals surface area contributed by atoms with Crippen molar-refractivity contribution in [2.75, 3.05) is 0 Å². The minimum Gasteiger partial charge on any atom is -0.300 e. The standard InChI is InChI=1S/C25H26N8O/c1-15-7-26-22(27-8-15)20(23-28-9-16(2)10-29-23)5-19(34)6-21(24-30-11-17(3)12-31-24)25-32-13-18(4)14-33-25/h7-14,20-21H,5-6H2,1-4H3. The molecule has 0 aliphatic heterocycles. The van der Waals surface area contributed by atoms with Crippen LogP contribution in [0.3, 0.4) is 0 Å². The van der Waals surface area contributed by atoms with Crippen LogP contribution in [0.5, 0.6) is 0 Å². The Labute approximate surface area is 198 Å². The molecule has 0 aliphatic rings. The fourth-order valence-electron chi connectivity index (χ4n) is 3.46. The fourth-order valence-corrected chi connectivity index (χ4v) is 3.46. The van der Waals surface area contributed by atoms with Crippen LogP contribution in [-0.4, -0.2) is 45.7 Å². The SMILES string of the molecule is Cc1cnc(C(CC(=O)CC(c2ncc(C)cn2)c2ncc(C)cn2)c2ncc(C)cn2)nc1. The Morgan fingerprint density at radius 1 is 0.500 bits per heavy atom. The molecule has 0 radical (unpaired) electrons. The monoisotopic (exact) mass is 454 g/mol. The number of aromatic nitrogens is 8. The number of rotatable bonds is 8. The molecule has 0 aromatic carbocycles. The van der Waals surface area contributed by atoms with E-state index < -0.39 is 11.8 Å². The number of aryl methyl sites for hydroxylation is 4. The van der Waals surface area contributed by atoms with E-state index in [4.69, 9.17) is 0 Å². The lowest BCUT2D eigenvalue weighted by molar-refractivity contribution is -0.119. The summed E-state index contributed by atoms with van der Waals surface area (Å²) in [6, 6.07) is 0. The Bertz CT molecular complexity index is 1050. The Morgan fingerprint density at radius 2 is 0.706 bits per heavy atom. The molecule has 0 bridgehead atoms. The maximum atomic E-state index is 13.4. The van der Waals surface area contributed by atoms with Gasteiger partial charge in [-0.3, -0.25) is 4.79 Å². The van der Waals surface area contributed by atoms with Gasteiger partial charge in [0.2, 0.25) is 0 Å². The lowest BCUT2D eigenvalue weighted by Crippen LogP contribution is -2.19. The van der Waals surface area contributed by atoms with Crippen molar-refractivity contribution in [2.45, 2.75) is 52.4 Å². The summed E-state index contributed by atoms with van der Waals surface area (Å²) in [6.45, 7) is 7.67. The van der Waals surface area contributed by atoms with E-state index in [0.29, 0.717) is 23.3 Å². The molecule has 0 amide bonds. The van der Waals surface area contributed by atoms with Gasteiger partial charge in [0.05, 0.1) is 11.8 Å². The summed E-state index contributed by atoms with van der Waals surface area (Å²) in [7, 11) is 0. The molecule has 4 rings (SSSR count). The first-order chi connectivity index (χ1) is 16.4. The largest absolute Gasteiger partial charge is 0.300 e. The first-order valence-corrected chi connectivity index (χ1v) is 11.0. The van der Waals surface area contributed by atoms with Gasteiger partial charge in [0, 0.05) is 62.4 Å². The van der Waals surface area contributed by atoms with Crippen LogP contribution in [0.2, 0.25) is 0 Å². The van der Waals surface area contributed by atoms with Gasteiger partial charge in [-0.15, -0.1) is 0 Å². The van der Waals surface area contributed by atoms with E-state index in [1.54, 1.807) is 49.6 Å². The quantitative estimate of drug-likeness (QED) is 0.394. The molecule has 9 heteroatoms. The van der Waals surface area contributed by atoms with Gasteiger partial charge in [-0.05, 0) is 49.9 Å². The average Bonchev–Trinajstić information content (AvgIpc) is 2.84. The zero-order chi connectivity index (χ0) is 24.1. The van der Waals surface area contributed by atoms with Crippen molar-refractivity contribution >= 4 is 5.78 Å². The molecule has 0 aliphatic carbocycles. The molecular weight excluding hydrogens is 428 g/mol. The van der Waals surface area contributed by atoms with Crippen molar-refractivity contribution < 1.29 is 4.79 Å². The van der Waals surface area contributed by atoms with E-state index in [1.807, 2.05) is 27.7 Å². The zero-order valence-corrected chi connectivity index (χ0v) is 19.7. The average molecular weight is 455 g/mol. The first kappa shape index (κ1) is 23.2. The van der Waals surface area contributed by atoms with Crippen molar-refractivity contribution in [2.24, 2.45) is 0 Å². The second-order valence-corrected chi connectivity index (χ2v) is 8.53. The summed E-state index contributed by atoms with van der Waals surface area (Å²) in [5.74, 6) is 1.08. The molecular formula is C25H26N8O. The predicted molar refractivity (Wildman–Crippen MR) is 125 cm³/mol. The van der Waals surface area contributed by atoms with Crippen LogP contribution in [0.4, 0.5) is 0 Å². The molecule has 4 heterocycles. The molecule has 9 nitrogen and oxygen atoms in total. The smallest absolute Gasteiger partial charge is 0.139 e. The van der Waals surface area contributed by atoms with Crippen LogP contribution < -0.4 is 0 Å². The van der Waals surface area contributed by atoms with Crippen LogP contribution >= 0.6 is 0 Å². The third-order valence-electron chi connectivity index (χ3n) is 5.31. The van der Waals surface area contributed by atoms with Gasteiger partial charge in [0.15, 0.2) is 0 Å². The third-order valence-corrected chi connectivity index (χ3v) is 5.31. The van der Waals surface area contributed by atoms with Crippen LogP contribution in [0.15, 0.2) is 49.6 Å². The zero-order valence-electron chi connectivity index (χ0n) is 19.7. The van der Waals surface area contributed by atoms with Gasteiger partial charge < -0.3 is 0 Å². The Balaban J connectivity index is 1.63. The summed E-state index contributed by atoms with van der Waals surface area (Å²) in [5, 5.41) is 0. The molecule has 0 saturated carbocycles. The highest BCUT2D eigenvalue weighted by atomic mass is 16.1. The van der Waals surface area contributed by atoms with Crippen molar-refractivity contribution in [1.29, 1.82) is 0 Å². The van der Waals surface area contributed by atoms with Crippen LogP contribution in [0.1, 0.15) is 70.2 Å². The van der Waals surface area contributed by atoms with E-state index >= 15 is 0 Å². The predicted octanol–water partition coefficient (Wildman–Crippen LogP) is 3.39. The normalized spacial score (nSPS) is 11.2. The Hall–Kier alpha value is -4.01. The highest BCUT2D eigenvalue weighted by Crippen LogP contribution is 2.28. The number of hydrogen-bond acceptors (Lipinski definition) is 9. The highest BCUT2D eigenvalue weighted by molar-refractivity contribution is 5.80. The van der Waals surface area contributed by atoms with E-state index in [9.17, 15) is 4.79 Å². The van der Waals surface area contributed by atoms with Crippen molar-refractivity contribution in [3.63, 3.8) is 0 Å². The number of carbonyl (C=O) groups excluding carboxylic acids is 1. The molecule has 0 spiro atoms. The number of nitrogens with zero attached hydrogens (tertiary/aromatic N) is 8. The minimum absolute atomic E-state index is 0.0308. The molecule has 0 unspecified atom stereocenters. The molecule has 172 valence electrons. The van der Waals surface area contributed by atoms with Gasteiger partial charge in [-0.25, -0.2) is 39.9 Å². The van der Waals surface area contributed by atoms with Crippen molar-refractivity contribution in [3.8, 4) is 0 Å². The van der Waals surface area contributed by atoms with Crippen molar-refractivity contribution in [3.05, 3.63) is 95.1 Å². The number of Topliss-reactive ketones (excluding diaryl/α,β-unsaturated/α-hetero) is 1. The minimum atomic E-state index is -0.466. The second-order valence-electron chi connectivity index (χ2n) is 8.53. The number of carbonyl (C=O) groups is 1. The van der Waals surface area contributed by atoms with Crippen LogP contribution in [-0.2, 0) is 4.79 Å². The summed E-state index contributed by atoms with van der Waals surface area (Å²) >= 11 is 0. The lowest BCUT2D eigenvalue weighted by atomic mass is 9.93. The number of hydrogen-bond donors (Lipinski definition) is 0. The molecule has 0 atom stereocenters. The molecule has 34 heavy (non-hydrogen) atoms. The van der Waals surface area contributed by atoms with E-state index in [1.165, 1.54) is 0 Å². The second kappa shape index (κ2) is 10.3. The van der Waals surface area contributed by atoms with Gasteiger partial charge in [-0.2, -0.15) is 0 Å². The molecule has 0 saturated heterocycles. The summed E-state index contributed by atoms with van der Waals surface area (Å²) in [4.78, 5) is 49.0. The maximum Gasteiger partial charge on any atom is 0.139 e. The van der Waals surface area contributed by atoms with Gasteiger partial charge in [-0.1, -0.05) is 0 Å². The van der Waals surface area contributed by atoms with Crippen molar-refractivity contribution in [1.82, 2.24) is 39.9 Å². The van der Waals surface area contributed by atoms with E-state index in [2.05, 4.69) is 39.9 Å². The molecule has 0 N–H and O–H groups in total. The molecule has 4 aromatic rings. The van der Waals surface area contributed by atoms with Crippen LogP contribution in [0.25, 0.3) is 0 Å². The lowest BCUT2D eigenvalue weighted by Gasteiger charge is -2.17. The first-order valence-electron chi connectivity index (χ1n) is 11.0. The van der Waals surface area contributed by atoms with E-state index in [-0.39, 0.29) is 18.6 Å². The molecule has 0 fully saturated rings.